The van der Waals surface area contributed by atoms with Crippen LogP contribution in [0.15, 0.2) is 67.0 Å². The van der Waals surface area contributed by atoms with Gasteiger partial charge in [0.05, 0.1) is 18.2 Å². The maximum atomic E-state index is 13.6. The molecule has 0 spiro atoms. The SMILES string of the molecule is O=C(Cc1c[nH]c2ccc(F)cc12)NC(Cc1cc(F)cc(F)c1)c1ccccn1. The van der Waals surface area contributed by atoms with Crippen molar-refractivity contribution in [1.82, 2.24) is 15.3 Å². The molecule has 0 bridgehead atoms. The minimum Gasteiger partial charge on any atom is -0.361 e. The number of hydrogen-bond acceptors (Lipinski definition) is 2. The lowest BCUT2D eigenvalue weighted by Gasteiger charge is -2.19. The van der Waals surface area contributed by atoms with Crippen LogP contribution in [-0.2, 0) is 17.6 Å². The Bertz CT molecular complexity index is 1170. The second-order valence-corrected chi connectivity index (χ2v) is 7.04. The topological polar surface area (TPSA) is 57.8 Å². The van der Waals surface area contributed by atoms with Crippen molar-refractivity contribution in [3.8, 4) is 0 Å². The van der Waals surface area contributed by atoms with Gasteiger partial charge in [-0.1, -0.05) is 6.07 Å². The molecule has 0 aliphatic carbocycles. The minimum absolute atomic E-state index is 0.0182. The van der Waals surface area contributed by atoms with E-state index in [1.807, 2.05) is 0 Å². The molecule has 2 heterocycles. The van der Waals surface area contributed by atoms with Crippen molar-refractivity contribution in [2.45, 2.75) is 18.9 Å². The van der Waals surface area contributed by atoms with Gasteiger partial charge >= 0.3 is 0 Å². The van der Waals surface area contributed by atoms with Crippen LogP contribution < -0.4 is 5.32 Å². The molecule has 0 saturated carbocycles. The van der Waals surface area contributed by atoms with Crippen molar-refractivity contribution in [2.24, 2.45) is 0 Å². The molecule has 1 unspecified atom stereocenters. The van der Waals surface area contributed by atoms with E-state index < -0.39 is 17.7 Å². The van der Waals surface area contributed by atoms with Crippen LogP contribution in [0.5, 0.6) is 0 Å². The number of amides is 1. The minimum atomic E-state index is -0.683. The number of nitrogens with one attached hydrogen (secondary N) is 2. The summed E-state index contributed by atoms with van der Waals surface area (Å²) in [6.45, 7) is 0. The van der Waals surface area contributed by atoms with Gasteiger partial charge in [0, 0.05) is 29.4 Å². The van der Waals surface area contributed by atoms with Gasteiger partial charge in [0.25, 0.3) is 0 Å². The fourth-order valence-electron chi connectivity index (χ4n) is 3.49. The summed E-state index contributed by atoms with van der Waals surface area (Å²) in [4.78, 5) is 20.0. The fraction of sp³-hybridized carbons (Fsp3) is 0.130. The number of rotatable bonds is 6. The first-order valence-corrected chi connectivity index (χ1v) is 9.39. The third-order valence-electron chi connectivity index (χ3n) is 4.82. The zero-order valence-electron chi connectivity index (χ0n) is 15.8. The largest absolute Gasteiger partial charge is 0.361 e. The number of aromatic nitrogens is 2. The first kappa shape index (κ1) is 19.7. The van der Waals surface area contributed by atoms with Crippen LogP contribution in [0, 0.1) is 17.5 Å². The molecule has 0 radical (unpaired) electrons. The van der Waals surface area contributed by atoms with Gasteiger partial charge in [-0.2, -0.15) is 0 Å². The van der Waals surface area contributed by atoms with Crippen LogP contribution in [0.4, 0.5) is 13.2 Å². The van der Waals surface area contributed by atoms with Crippen molar-refractivity contribution in [2.75, 3.05) is 0 Å². The fourth-order valence-corrected chi connectivity index (χ4v) is 3.49. The molecule has 1 amide bonds. The second-order valence-electron chi connectivity index (χ2n) is 7.04. The highest BCUT2D eigenvalue weighted by Gasteiger charge is 2.19. The average Bonchev–Trinajstić information content (AvgIpc) is 3.09. The van der Waals surface area contributed by atoms with Crippen LogP contribution in [0.2, 0.25) is 0 Å². The molecule has 2 N–H and O–H groups in total. The Morgan fingerprint density at radius 3 is 2.53 bits per heavy atom. The lowest BCUT2D eigenvalue weighted by molar-refractivity contribution is -0.121. The molecule has 0 aliphatic rings. The lowest BCUT2D eigenvalue weighted by Crippen LogP contribution is -2.31. The summed E-state index contributed by atoms with van der Waals surface area (Å²) in [5.41, 5.74) is 2.35. The number of fused-ring (bicyclic) bond motifs is 1. The number of carbonyl (C=O) groups excluding carboxylic acids is 1. The van der Waals surface area contributed by atoms with Crippen LogP contribution in [0.3, 0.4) is 0 Å². The number of H-pyrrole nitrogens is 1. The molecule has 4 aromatic rings. The number of halogens is 3. The van der Waals surface area contributed by atoms with Gasteiger partial charge in [0.2, 0.25) is 5.91 Å². The van der Waals surface area contributed by atoms with Gasteiger partial charge in [0.1, 0.15) is 17.5 Å². The van der Waals surface area contributed by atoms with Gasteiger partial charge in [-0.15, -0.1) is 0 Å². The molecule has 0 fully saturated rings. The molecular formula is C23H18F3N3O. The number of hydrogen-bond donors (Lipinski definition) is 2. The molecule has 152 valence electrons. The number of nitrogens with zero attached hydrogens (tertiary/aromatic N) is 1. The zero-order chi connectivity index (χ0) is 21.1. The first-order chi connectivity index (χ1) is 14.5. The second kappa shape index (κ2) is 8.41. The first-order valence-electron chi connectivity index (χ1n) is 9.39. The standard InChI is InChI=1S/C23H18F3N3O/c24-16-4-5-20-19(12-16)15(13-28-20)10-23(30)29-22(21-3-1-2-6-27-21)9-14-7-17(25)11-18(26)8-14/h1-8,11-13,22,28H,9-10H2,(H,29,30). The van der Waals surface area contributed by atoms with Crippen LogP contribution in [0.1, 0.15) is 22.9 Å². The normalized spacial score (nSPS) is 12.1. The highest BCUT2D eigenvalue weighted by atomic mass is 19.1. The Morgan fingerprint density at radius 2 is 1.80 bits per heavy atom. The highest BCUT2D eigenvalue weighted by Crippen LogP contribution is 2.22. The summed E-state index contributed by atoms with van der Waals surface area (Å²) >= 11 is 0. The molecule has 2 aromatic heterocycles. The maximum Gasteiger partial charge on any atom is 0.225 e. The van der Waals surface area contributed by atoms with Crippen LogP contribution in [0.25, 0.3) is 10.9 Å². The summed E-state index contributed by atoms with van der Waals surface area (Å²) in [6.07, 6.45) is 3.44. The molecule has 2 aromatic carbocycles. The van der Waals surface area contributed by atoms with E-state index in [-0.39, 0.29) is 24.6 Å². The average molecular weight is 409 g/mol. The van der Waals surface area contributed by atoms with Gasteiger partial charge < -0.3 is 10.3 Å². The summed E-state index contributed by atoms with van der Waals surface area (Å²) in [7, 11) is 0. The third kappa shape index (κ3) is 4.51. The quantitative estimate of drug-likeness (QED) is 0.488. The molecular weight excluding hydrogens is 391 g/mol. The summed E-state index contributed by atoms with van der Waals surface area (Å²) in [5, 5.41) is 3.52. The van der Waals surface area contributed by atoms with E-state index in [1.165, 1.54) is 24.3 Å². The Morgan fingerprint density at radius 1 is 1.00 bits per heavy atom. The smallest absolute Gasteiger partial charge is 0.225 e. The number of benzene rings is 2. The van der Waals surface area contributed by atoms with E-state index in [0.29, 0.717) is 22.2 Å². The Balaban J connectivity index is 1.56. The summed E-state index contributed by atoms with van der Waals surface area (Å²) in [5.74, 6) is -2.07. The number of carbonyl (C=O) groups is 1. The molecule has 0 aliphatic heterocycles. The molecule has 4 rings (SSSR count). The molecule has 1 atom stereocenters. The van der Waals surface area contributed by atoms with Crippen LogP contribution in [-0.4, -0.2) is 15.9 Å². The lowest BCUT2D eigenvalue weighted by atomic mass is 10.0. The predicted molar refractivity (Wildman–Crippen MR) is 107 cm³/mol. The number of aromatic amines is 1. The van der Waals surface area contributed by atoms with Crippen molar-refractivity contribution in [1.29, 1.82) is 0 Å². The van der Waals surface area contributed by atoms with E-state index in [0.717, 1.165) is 11.6 Å². The van der Waals surface area contributed by atoms with Gasteiger partial charge in [0.15, 0.2) is 0 Å². The van der Waals surface area contributed by atoms with E-state index in [1.54, 1.807) is 36.7 Å². The van der Waals surface area contributed by atoms with Crippen molar-refractivity contribution in [3.05, 3.63) is 101 Å². The van der Waals surface area contributed by atoms with E-state index in [9.17, 15) is 18.0 Å². The molecule has 4 nitrogen and oxygen atoms in total. The summed E-state index contributed by atoms with van der Waals surface area (Å²) in [6, 6.07) is 12.3. The van der Waals surface area contributed by atoms with E-state index in [2.05, 4.69) is 15.3 Å². The zero-order valence-corrected chi connectivity index (χ0v) is 15.8. The van der Waals surface area contributed by atoms with Crippen LogP contribution >= 0.6 is 0 Å². The molecule has 7 heteroatoms. The Labute approximate surface area is 170 Å². The monoisotopic (exact) mass is 409 g/mol. The number of pyridine rings is 1. The third-order valence-corrected chi connectivity index (χ3v) is 4.82. The van der Waals surface area contributed by atoms with Gasteiger partial charge in [-0.3, -0.25) is 9.78 Å². The Hall–Kier alpha value is -3.61. The Kier molecular flexibility index (Phi) is 5.52. The van der Waals surface area contributed by atoms with Gasteiger partial charge in [-0.25, -0.2) is 13.2 Å². The maximum absolute atomic E-state index is 13.6. The molecule has 0 saturated heterocycles. The summed E-state index contributed by atoms with van der Waals surface area (Å²) < 4.78 is 40.8. The predicted octanol–water partition coefficient (Wildman–Crippen LogP) is 4.62. The molecule has 30 heavy (non-hydrogen) atoms. The van der Waals surface area contributed by atoms with Crippen molar-refractivity contribution < 1.29 is 18.0 Å². The highest BCUT2D eigenvalue weighted by molar-refractivity contribution is 5.89. The van der Waals surface area contributed by atoms with E-state index in [4.69, 9.17) is 0 Å². The van der Waals surface area contributed by atoms with Crippen molar-refractivity contribution in [3.63, 3.8) is 0 Å². The van der Waals surface area contributed by atoms with Gasteiger partial charge in [-0.05, 0) is 60.0 Å². The van der Waals surface area contributed by atoms with Crippen molar-refractivity contribution >= 4 is 16.8 Å². The van der Waals surface area contributed by atoms with E-state index >= 15 is 0 Å².